The maximum Gasteiger partial charge on any atom is 0.0251 e. The minimum absolute atomic E-state index is 0.393. The average molecular weight is 210 g/mol. The first-order valence-corrected chi connectivity index (χ1v) is 5.89. The number of nitrogens with two attached hydrogens (primary N) is 1. The van der Waals surface area contributed by atoms with E-state index in [1.54, 1.807) is 11.3 Å². The first-order valence-electron chi connectivity index (χ1n) is 4.95. The highest BCUT2D eigenvalue weighted by Crippen LogP contribution is 2.11. The molecule has 1 rings (SSSR count). The highest BCUT2D eigenvalue weighted by molar-refractivity contribution is 7.07. The number of rotatable bonds is 7. The van der Waals surface area contributed by atoms with Crippen LogP contribution < -0.4 is 11.3 Å². The highest BCUT2D eigenvalue weighted by atomic mass is 32.1. The summed E-state index contributed by atoms with van der Waals surface area (Å²) in [5.41, 5.74) is 4.24. The van der Waals surface area contributed by atoms with Gasteiger partial charge in [0, 0.05) is 6.04 Å². The molecule has 0 saturated heterocycles. The number of thiophene rings is 1. The van der Waals surface area contributed by atoms with Gasteiger partial charge >= 0.3 is 0 Å². The number of hydrogen-bond donors (Lipinski definition) is 2. The lowest BCUT2D eigenvalue weighted by molar-refractivity contribution is 0.479. The number of allylic oxidation sites excluding steroid dienone is 1. The molecule has 1 atom stereocenters. The lowest BCUT2D eigenvalue weighted by Crippen LogP contribution is -2.36. The first-order chi connectivity index (χ1) is 6.86. The van der Waals surface area contributed by atoms with Crippen molar-refractivity contribution in [2.75, 3.05) is 0 Å². The van der Waals surface area contributed by atoms with Gasteiger partial charge in [-0.25, -0.2) is 0 Å². The van der Waals surface area contributed by atoms with Gasteiger partial charge in [0.1, 0.15) is 0 Å². The van der Waals surface area contributed by atoms with Gasteiger partial charge in [0.25, 0.3) is 0 Å². The van der Waals surface area contributed by atoms with Gasteiger partial charge in [0.15, 0.2) is 0 Å². The fraction of sp³-hybridized carbons (Fsp3) is 0.455. The van der Waals surface area contributed by atoms with Gasteiger partial charge in [-0.2, -0.15) is 11.3 Å². The van der Waals surface area contributed by atoms with E-state index in [1.807, 2.05) is 6.08 Å². The van der Waals surface area contributed by atoms with Crippen molar-refractivity contribution in [3.63, 3.8) is 0 Å². The molecule has 0 fully saturated rings. The molecule has 0 aromatic carbocycles. The van der Waals surface area contributed by atoms with Crippen LogP contribution in [-0.2, 0) is 6.42 Å². The molecule has 0 amide bonds. The molecule has 1 unspecified atom stereocenters. The minimum Gasteiger partial charge on any atom is -0.271 e. The van der Waals surface area contributed by atoms with Crippen molar-refractivity contribution < 1.29 is 0 Å². The Bertz CT molecular complexity index is 244. The molecule has 0 bridgehead atoms. The van der Waals surface area contributed by atoms with E-state index in [0.717, 1.165) is 25.7 Å². The summed E-state index contributed by atoms with van der Waals surface area (Å²) in [5, 5.41) is 4.28. The zero-order valence-electron chi connectivity index (χ0n) is 8.41. The van der Waals surface area contributed by atoms with Crippen molar-refractivity contribution in [2.24, 2.45) is 5.84 Å². The fourth-order valence-corrected chi connectivity index (χ4v) is 2.13. The van der Waals surface area contributed by atoms with E-state index in [2.05, 4.69) is 28.8 Å². The molecule has 0 spiro atoms. The molecule has 2 nitrogen and oxygen atoms in total. The van der Waals surface area contributed by atoms with Crippen LogP contribution in [0.3, 0.4) is 0 Å². The van der Waals surface area contributed by atoms with Crippen molar-refractivity contribution in [1.29, 1.82) is 0 Å². The average Bonchev–Trinajstić information content (AvgIpc) is 2.69. The van der Waals surface area contributed by atoms with Gasteiger partial charge in [0.2, 0.25) is 0 Å². The van der Waals surface area contributed by atoms with Gasteiger partial charge in [-0.3, -0.25) is 11.3 Å². The minimum atomic E-state index is 0.393. The van der Waals surface area contributed by atoms with E-state index >= 15 is 0 Å². The monoisotopic (exact) mass is 210 g/mol. The Hall–Kier alpha value is -0.640. The molecule has 0 aliphatic heterocycles. The van der Waals surface area contributed by atoms with Crippen LogP contribution >= 0.6 is 11.3 Å². The van der Waals surface area contributed by atoms with Crippen LogP contribution in [-0.4, -0.2) is 6.04 Å². The van der Waals surface area contributed by atoms with Gasteiger partial charge in [-0.15, -0.1) is 6.58 Å². The van der Waals surface area contributed by atoms with Gasteiger partial charge < -0.3 is 0 Å². The van der Waals surface area contributed by atoms with E-state index in [9.17, 15) is 0 Å². The van der Waals surface area contributed by atoms with Crippen LogP contribution in [0.1, 0.15) is 24.8 Å². The Morgan fingerprint density at radius 2 is 2.50 bits per heavy atom. The van der Waals surface area contributed by atoms with Gasteiger partial charge in [-0.1, -0.05) is 6.08 Å². The molecular weight excluding hydrogens is 192 g/mol. The van der Waals surface area contributed by atoms with Gasteiger partial charge in [0.05, 0.1) is 0 Å². The molecule has 0 radical (unpaired) electrons. The molecule has 78 valence electrons. The Labute approximate surface area is 89.8 Å². The Morgan fingerprint density at radius 1 is 1.64 bits per heavy atom. The molecule has 0 aliphatic carbocycles. The van der Waals surface area contributed by atoms with E-state index in [1.165, 1.54) is 5.56 Å². The predicted molar refractivity (Wildman–Crippen MR) is 63.2 cm³/mol. The molecule has 1 aromatic rings. The standard InChI is InChI=1S/C11H18N2S/c1-2-3-4-5-11(13-12)8-10-6-7-14-9-10/h2,6-7,9,11,13H,1,3-5,8,12H2. The Morgan fingerprint density at radius 3 is 3.07 bits per heavy atom. The molecule has 14 heavy (non-hydrogen) atoms. The van der Waals surface area contributed by atoms with Crippen LogP contribution in [0, 0.1) is 0 Å². The summed E-state index contributed by atoms with van der Waals surface area (Å²) in [5.74, 6) is 5.50. The van der Waals surface area contributed by atoms with E-state index in [-0.39, 0.29) is 0 Å². The summed E-state index contributed by atoms with van der Waals surface area (Å²) in [7, 11) is 0. The van der Waals surface area contributed by atoms with Crippen molar-refractivity contribution in [3.8, 4) is 0 Å². The second-order valence-corrected chi connectivity index (χ2v) is 4.20. The zero-order valence-corrected chi connectivity index (χ0v) is 9.22. The molecule has 0 saturated carbocycles. The molecule has 1 heterocycles. The number of hydrogen-bond acceptors (Lipinski definition) is 3. The summed E-state index contributed by atoms with van der Waals surface area (Å²) >= 11 is 1.74. The number of unbranched alkanes of at least 4 members (excludes halogenated alkanes) is 1. The van der Waals surface area contributed by atoms with Crippen LogP contribution in [0.4, 0.5) is 0 Å². The number of hydrazine groups is 1. The van der Waals surface area contributed by atoms with Crippen molar-refractivity contribution in [1.82, 2.24) is 5.43 Å². The Kier molecular flexibility index (Phi) is 5.52. The second kappa shape index (κ2) is 6.76. The number of nitrogens with one attached hydrogen (secondary N) is 1. The summed E-state index contributed by atoms with van der Waals surface area (Å²) in [6.07, 6.45) is 6.32. The highest BCUT2D eigenvalue weighted by Gasteiger charge is 2.06. The maximum absolute atomic E-state index is 5.50. The maximum atomic E-state index is 5.50. The van der Waals surface area contributed by atoms with Crippen molar-refractivity contribution >= 4 is 11.3 Å². The normalized spacial score (nSPS) is 12.6. The quantitative estimate of drug-likeness (QED) is 0.314. The first kappa shape index (κ1) is 11.4. The third-order valence-electron chi connectivity index (χ3n) is 2.26. The largest absolute Gasteiger partial charge is 0.271 e. The topological polar surface area (TPSA) is 38.0 Å². The summed E-state index contributed by atoms with van der Waals surface area (Å²) in [4.78, 5) is 0. The van der Waals surface area contributed by atoms with Crippen LogP contribution in [0.2, 0.25) is 0 Å². The van der Waals surface area contributed by atoms with Gasteiger partial charge in [-0.05, 0) is 48.1 Å². The predicted octanol–water partition coefficient (Wildman–Crippen LogP) is 2.48. The molecule has 1 aromatic heterocycles. The Balaban J connectivity index is 2.28. The third kappa shape index (κ3) is 4.05. The molecule has 0 aliphatic rings. The van der Waals surface area contributed by atoms with Crippen LogP contribution in [0.5, 0.6) is 0 Å². The van der Waals surface area contributed by atoms with E-state index in [0.29, 0.717) is 6.04 Å². The summed E-state index contributed by atoms with van der Waals surface area (Å²) in [6.45, 7) is 3.71. The zero-order chi connectivity index (χ0) is 10.2. The third-order valence-corrected chi connectivity index (χ3v) is 2.99. The molecular formula is C11H18N2S. The fourth-order valence-electron chi connectivity index (χ4n) is 1.45. The van der Waals surface area contributed by atoms with Crippen LogP contribution in [0.25, 0.3) is 0 Å². The smallest absolute Gasteiger partial charge is 0.0251 e. The molecule has 3 N–H and O–H groups in total. The SMILES string of the molecule is C=CCCCC(Cc1ccsc1)NN. The second-order valence-electron chi connectivity index (χ2n) is 3.42. The summed E-state index contributed by atoms with van der Waals surface area (Å²) in [6, 6.07) is 2.55. The van der Waals surface area contributed by atoms with Crippen molar-refractivity contribution in [3.05, 3.63) is 35.0 Å². The molecule has 3 heteroatoms. The van der Waals surface area contributed by atoms with E-state index in [4.69, 9.17) is 5.84 Å². The van der Waals surface area contributed by atoms with Crippen LogP contribution in [0.15, 0.2) is 29.5 Å². The lowest BCUT2D eigenvalue weighted by Gasteiger charge is -2.14. The van der Waals surface area contributed by atoms with Crippen molar-refractivity contribution in [2.45, 2.75) is 31.7 Å². The summed E-state index contributed by atoms with van der Waals surface area (Å²) < 4.78 is 0. The van der Waals surface area contributed by atoms with E-state index < -0.39 is 0 Å². The lowest BCUT2D eigenvalue weighted by atomic mass is 10.0.